The predicted octanol–water partition coefficient (Wildman–Crippen LogP) is 2.48. The lowest BCUT2D eigenvalue weighted by atomic mass is 10.0. The van der Waals surface area contributed by atoms with E-state index in [9.17, 15) is 4.79 Å². The molecule has 0 radical (unpaired) electrons. The third kappa shape index (κ3) is 3.90. The molecule has 0 bridgehead atoms. The van der Waals surface area contributed by atoms with Gasteiger partial charge in [-0.25, -0.2) is 4.68 Å². The van der Waals surface area contributed by atoms with Gasteiger partial charge in [0.15, 0.2) is 0 Å². The fourth-order valence-corrected chi connectivity index (χ4v) is 3.31. The molecule has 0 unspecified atom stereocenters. The smallest absolute Gasteiger partial charge is 0.223 e. The zero-order valence-electron chi connectivity index (χ0n) is 16.0. The maximum absolute atomic E-state index is 12.4. The van der Waals surface area contributed by atoms with Gasteiger partial charge < -0.3 is 14.2 Å². The molecule has 146 valence electrons. The second-order valence-electron chi connectivity index (χ2n) is 7.05. The SMILES string of the molecule is Cc1noc(C)c1CCC(=O)N1CC(n2cc(COc3ccccc3)nn2)C1. The van der Waals surface area contributed by atoms with Gasteiger partial charge in [-0.15, -0.1) is 5.10 Å². The van der Waals surface area contributed by atoms with Crippen LogP contribution >= 0.6 is 0 Å². The number of likely N-dealkylation sites (tertiary alicyclic amines) is 1. The summed E-state index contributed by atoms with van der Waals surface area (Å²) in [5.74, 6) is 1.74. The summed E-state index contributed by atoms with van der Waals surface area (Å²) in [5.41, 5.74) is 2.66. The number of aryl methyl sites for hydroxylation is 2. The van der Waals surface area contributed by atoms with Crippen molar-refractivity contribution in [3.63, 3.8) is 0 Å². The molecule has 1 fully saturated rings. The fraction of sp³-hybridized carbons (Fsp3) is 0.400. The molecule has 3 aromatic rings. The van der Waals surface area contributed by atoms with Gasteiger partial charge in [0.05, 0.1) is 17.9 Å². The Morgan fingerprint density at radius 3 is 2.75 bits per heavy atom. The average Bonchev–Trinajstić information content (AvgIpc) is 3.25. The van der Waals surface area contributed by atoms with Crippen molar-refractivity contribution in [2.75, 3.05) is 13.1 Å². The number of hydrogen-bond acceptors (Lipinski definition) is 6. The Bertz CT molecular complexity index is 924. The summed E-state index contributed by atoms with van der Waals surface area (Å²) in [6.45, 7) is 5.46. The third-order valence-electron chi connectivity index (χ3n) is 5.05. The number of hydrogen-bond donors (Lipinski definition) is 0. The van der Waals surface area contributed by atoms with Crippen LogP contribution in [-0.4, -0.2) is 44.0 Å². The molecule has 0 spiro atoms. The summed E-state index contributed by atoms with van der Waals surface area (Å²) in [7, 11) is 0. The number of amides is 1. The topological polar surface area (TPSA) is 86.3 Å². The van der Waals surface area contributed by atoms with Crippen molar-refractivity contribution >= 4 is 5.91 Å². The van der Waals surface area contributed by atoms with Crippen molar-refractivity contribution in [1.82, 2.24) is 25.1 Å². The molecule has 28 heavy (non-hydrogen) atoms. The van der Waals surface area contributed by atoms with Gasteiger partial charge in [-0.05, 0) is 32.4 Å². The van der Waals surface area contributed by atoms with Crippen LogP contribution in [0.3, 0.4) is 0 Å². The van der Waals surface area contributed by atoms with Gasteiger partial charge in [0, 0.05) is 25.1 Å². The highest BCUT2D eigenvalue weighted by Gasteiger charge is 2.32. The van der Waals surface area contributed by atoms with Gasteiger partial charge >= 0.3 is 0 Å². The van der Waals surface area contributed by atoms with Crippen LogP contribution in [0.5, 0.6) is 5.75 Å². The second kappa shape index (κ2) is 7.84. The van der Waals surface area contributed by atoms with Crippen molar-refractivity contribution in [2.45, 2.75) is 39.3 Å². The molecule has 1 saturated heterocycles. The van der Waals surface area contributed by atoms with E-state index in [1.807, 2.05) is 60.0 Å². The van der Waals surface area contributed by atoms with Crippen molar-refractivity contribution in [1.29, 1.82) is 0 Å². The molecule has 8 nitrogen and oxygen atoms in total. The summed E-state index contributed by atoms with van der Waals surface area (Å²) in [4.78, 5) is 14.2. The minimum Gasteiger partial charge on any atom is -0.487 e. The highest BCUT2D eigenvalue weighted by molar-refractivity contribution is 5.77. The highest BCUT2D eigenvalue weighted by Crippen LogP contribution is 2.23. The standard InChI is InChI=1S/C20H23N5O3/c1-14-19(15(2)28-22-14)8-9-20(26)24-11-17(12-24)25-10-16(21-23-25)13-27-18-6-4-3-5-7-18/h3-7,10,17H,8-9,11-13H2,1-2H3. The van der Waals surface area contributed by atoms with Crippen LogP contribution in [0.1, 0.15) is 35.2 Å². The van der Waals surface area contributed by atoms with Crippen LogP contribution in [0, 0.1) is 13.8 Å². The molecule has 2 aromatic heterocycles. The lowest BCUT2D eigenvalue weighted by molar-refractivity contribution is -0.137. The normalized spacial score (nSPS) is 14.1. The van der Waals surface area contributed by atoms with E-state index in [1.165, 1.54) is 0 Å². The van der Waals surface area contributed by atoms with Crippen LogP contribution in [-0.2, 0) is 17.8 Å². The molecule has 0 saturated carbocycles. The highest BCUT2D eigenvalue weighted by atomic mass is 16.5. The van der Waals surface area contributed by atoms with Crippen LogP contribution < -0.4 is 4.74 Å². The Kier molecular flexibility index (Phi) is 5.10. The van der Waals surface area contributed by atoms with Gasteiger partial charge in [-0.2, -0.15) is 0 Å². The number of ether oxygens (including phenoxy) is 1. The lowest BCUT2D eigenvalue weighted by Gasteiger charge is -2.39. The van der Waals surface area contributed by atoms with Gasteiger partial charge in [-0.3, -0.25) is 4.79 Å². The Morgan fingerprint density at radius 1 is 1.25 bits per heavy atom. The zero-order chi connectivity index (χ0) is 19.5. The van der Waals surface area contributed by atoms with E-state index in [0.29, 0.717) is 32.5 Å². The second-order valence-corrected chi connectivity index (χ2v) is 7.05. The first kappa shape index (κ1) is 18.2. The van der Waals surface area contributed by atoms with E-state index in [4.69, 9.17) is 9.26 Å². The molecular weight excluding hydrogens is 358 g/mol. The molecule has 1 amide bonds. The van der Waals surface area contributed by atoms with Crippen LogP contribution in [0.15, 0.2) is 41.1 Å². The van der Waals surface area contributed by atoms with E-state index in [1.54, 1.807) is 0 Å². The zero-order valence-corrected chi connectivity index (χ0v) is 16.0. The van der Waals surface area contributed by atoms with Crippen LogP contribution in [0.2, 0.25) is 0 Å². The largest absolute Gasteiger partial charge is 0.487 e. The van der Waals surface area contributed by atoms with Crippen molar-refractivity contribution in [3.05, 3.63) is 59.2 Å². The van der Waals surface area contributed by atoms with Gasteiger partial charge in [0.25, 0.3) is 0 Å². The summed E-state index contributed by atoms with van der Waals surface area (Å²) >= 11 is 0. The average molecular weight is 381 g/mol. The van der Waals surface area contributed by atoms with Crippen molar-refractivity contribution in [2.24, 2.45) is 0 Å². The lowest BCUT2D eigenvalue weighted by Crippen LogP contribution is -2.51. The summed E-state index contributed by atoms with van der Waals surface area (Å²) in [6, 6.07) is 9.78. The Balaban J connectivity index is 1.24. The predicted molar refractivity (Wildman–Crippen MR) is 101 cm³/mol. The van der Waals surface area contributed by atoms with E-state index in [2.05, 4.69) is 15.5 Å². The van der Waals surface area contributed by atoms with Gasteiger partial charge in [0.1, 0.15) is 23.8 Å². The third-order valence-corrected chi connectivity index (χ3v) is 5.05. The van der Waals surface area contributed by atoms with E-state index >= 15 is 0 Å². The Hall–Kier alpha value is -3.16. The van der Waals surface area contributed by atoms with Crippen molar-refractivity contribution < 1.29 is 14.1 Å². The fourth-order valence-electron chi connectivity index (χ4n) is 3.31. The molecule has 1 aliphatic heterocycles. The van der Waals surface area contributed by atoms with Gasteiger partial charge in [0.2, 0.25) is 5.91 Å². The summed E-state index contributed by atoms with van der Waals surface area (Å²) in [5, 5.41) is 12.3. The number of carbonyl (C=O) groups is 1. The molecule has 0 atom stereocenters. The van der Waals surface area contributed by atoms with E-state index < -0.39 is 0 Å². The monoisotopic (exact) mass is 381 g/mol. The maximum Gasteiger partial charge on any atom is 0.223 e. The van der Waals surface area contributed by atoms with E-state index in [0.717, 1.165) is 28.5 Å². The Morgan fingerprint density at radius 2 is 2.04 bits per heavy atom. The van der Waals surface area contributed by atoms with Crippen LogP contribution in [0.25, 0.3) is 0 Å². The molecule has 1 aromatic carbocycles. The number of rotatable bonds is 7. The first-order valence-corrected chi connectivity index (χ1v) is 9.38. The first-order chi connectivity index (χ1) is 13.6. The number of aromatic nitrogens is 4. The Labute approximate surface area is 163 Å². The maximum atomic E-state index is 12.4. The number of benzene rings is 1. The minimum atomic E-state index is 0.143. The quantitative estimate of drug-likeness (QED) is 0.625. The molecule has 1 aliphatic rings. The minimum absolute atomic E-state index is 0.143. The molecule has 3 heterocycles. The summed E-state index contributed by atoms with van der Waals surface area (Å²) < 4.78 is 12.7. The molecular formula is C20H23N5O3. The van der Waals surface area contributed by atoms with E-state index in [-0.39, 0.29) is 11.9 Å². The van der Waals surface area contributed by atoms with Gasteiger partial charge in [-0.1, -0.05) is 28.6 Å². The molecule has 0 aliphatic carbocycles. The number of nitrogens with zero attached hydrogens (tertiary/aromatic N) is 5. The van der Waals surface area contributed by atoms with Crippen LogP contribution in [0.4, 0.5) is 0 Å². The number of para-hydroxylation sites is 1. The summed E-state index contributed by atoms with van der Waals surface area (Å²) in [6.07, 6.45) is 3.01. The number of carbonyl (C=O) groups excluding carboxylic acids is 1. The molecule has 8 heteroatoms. The van der Waals surface area contributed by atoms with Crippen molar-refractivity contribution in [3.8, 4) is 5.75 Å². The molecule has 0 N–H and O–H groups in total. The first-order valence-electron chi connectivity index (χ1n) is 9.38. The molecule has 4 rings (SSSR count).